The maximum atomic E-state index is 12.3. The number of amides is 1. The number of carbonyl (C=O) groups is 1. The summed E-state index contributed by atoms with van der Waals surface area (Å²) in [5.74, 6) is 1.33. The van der Waals surface area contributed by atoms with E-state index in [-0.39, 0.29) is 5.91 Å². The van der Waals surface area contributed by atoms with Crippen molar-refractivity contribution in [3.05, 3.63) is 53.8 Å². The van der Waals surface area contributed by atoms with Gasteiger partial charge < -0.3 is 23.9 Å². The number of rotatable bonds is 9. The molecule has 1 N–H and O–H groups in total. The minimum absolute atomic E-state index is 0.171. The first-order valence-electron chi connectivity index (χ1n) is 10.3. The molecule has 1 amide bonds. The highest BCUT2D eigenvalue weighted by Gasteiger charge is 2.19. The van der Waals surface area contributed by atoms with Crippen molar-refractivity contribution in [2.24, 2.45) is 0 Å². The zero-order chi connectivity index (χ0) is 22.4. The second-order valence-electron chi connectivity index (χ2n) is 7.18. The standard InChI is InChI=1S/C25H29NO5/c1-6-30-24-17(3)25-21(14-20(24)16(2)12-23(27)26-10-11-28-4)22(15-31-25)18-8-7-9-19(13-18)29-5/h7-9,12-15H,6,10-11H2,1-5H3,(H,26,27)/b16-12+. The number of aryl methyl sites for hydroxylation is 1. The van der Waals surface area contributed by atoms with Crippen LogP contribution in [-0.4, -0.2) is 39.9 Å². The molecule has 0 spiro atoms. The molecule has 6 nitrogen and oxygen atoms in total. The number of benzene rings is 2. The number of carbonyl (C=O) groups excluding carboxylic acids is 1. The Morgan fingerprint density at radius 2 is 2.03 bits per heavy atom. The normalized spacial score (nSPS) is 11.6. The first-order valence-corrected chi connectivity index (χ1v) is 10.3. The van der Waals surface area contributed by atoms with E-state index in [1.165, 1.54) is 0 Å². The van der Waals surface area contributed by atoms with E-state index >= 15 is 0 Å². The molecule has 0 aliphatic carbocycles. The lowest BCUT2D eigenvalue weighted by Crippen LogP contribution is -2.25. The number of hydrogen-bond donors (Lipinski definition) is 1. The molecule has 0 aliphatic rings. The van der Waals surface area contributed by atoms with Crippen molar-refractivity contribution in [2.75, 3.05) is 34.0 Å². The molecule has 0 atom stereocenters. The van der Waals surface area contributed by atoms with Crippen molar-refractivity contribution in [1.82, 2.24) is 5.32 Å². The van der Waals surface area contributed by atoms with Crippen LogP contribution in [0.5, 0.6) is 11.5 Å². The molecule has 3 rings (SSSR count). The van der Waals surface area contributed by atoms with Crippen molar-refractivity contribution in [2.45, 2.75) is 20.8 Å². The van der Waals surface area contributed by atoms with Gasteiger partial charge in [-0.1, -0.05) is 12.1 Å². The lowest BCUT2D eigenvalue weighted by Gasteiger charge is -2.15. The van der Waals surface area contributed by atoms with Gasteiger partial charge in [0.05, 0.1) is 26.6 Å². The Bertz CT molecular complexity index is 1100. The zero-order valence-electron chi connectivity index (χ0n) is 18.7. The molecule has 31 heavy (non-hydrogen) atoms. The molecule has 0 fully saturated rings. The van der Waals surface area contributed by atoms with E-state index in [0.717, 1.165) is 50.3 Å². The lowest BCUT2D eigenvalue weighted by atomic mass is 9.96. The van der Waals surface area contributed by atoms with Gasteiger partial charge in [-0.2, -0.15) is 0 Å². The van der Waals surface area contributed by atoms with Crippen LogP contribution < -0.4 is 14.8 Å². The van der Waals surface area contributed by atoms with Crippen molar-refractivity contribution in [3.63, 3.8) is 0 Å². The summed E-state index contributed by atoms with van der Waals surface area (Å²) in [6.45, 7) is 7.25. The van der Waals surface area contributed by atoms with Gasteiger partial charge in [-0.3, -0.25) is 4.79 Å². The minimum atomic E-state index is -0.171. The zero-order valence-corrected chi connectivity index (χ0v) is 18.7. The molecule has 0 unspecified atom stereocenters. The number of hydrogen-bond acceptors (Lipinski definition) is 5. The maximum absolute atomic E-state index is 12.3. The molecular weight excluding hydrogens is 394 g/mol. The van der Waals surface area contributed by atoms with Crippen LogP contribution in [0.1, 0.15) is 25.0 Å². The number of ether oxygens (including phenoxy) is 3. The Kier molecular flexibility index (Phi) is 7.36. The fraction of sp³-hybridized carbons (Fsp3) is 0.320. The number of furan rings is 1. The van der Waals surface area contributed by atoms with Crippen LogP contribution in [-0.2, 0) is 9.53 Å². The summed E-state index contributed by atoms with van der Waals surface area (Å²) < 4.78 is 22.3. The van der Waals surface area contributed by atoms with E-state index in [2.05, 4.69) is 5.32 Å². The molecule has 0 saturated heterocycles. The van der Waals surface area contributed by atoms with E-state index < -0.39 is 0 Å². The van der Waals surface area contributed by atoms with Crippen LogP contribution in [0.2, 0.25) is 0 Å². The van der Waals surface area contributed by atoms with Crippen LogP contribution in [0, 0.1) is 6.92 Å². The smallest absolute Gasteiger partial charge is 0.244 e. The van der Waals surface area contributed by atoms with Crippen LogP contribution in [0.3, 0.4) is 0 Å². The summed E-state index contributed by atoms with van der Waals surface area (Å²) in [5.41, 5.74) is 5.28. The fourth-order valence-electron chi connectivity index (χ4n) is 3.55. The summed E-state index contributed by atoms with van der Waals surface area (Å²) in [6.07, 6.45) is 3.34. The Balaban J connectivity index is 2.11. The first-order chi connectivity index (χ1) is 15.0. The SMILES string of the molecule is CCOc1c(/C(C)=C/C(=O)NCCOC)cc2c(-c3cccc(OC)c3)coc2c1C. The molecule has 3 aromatic rings. The molecular formula is C25H29NO5. The molecule has 6 heteroatoms. The summed E-state index contributed by atoms with van der Waals surface area (Å²) in [7, 11) is 3.25. The number of allylic oxidation sites excluding steroid dienone is 1. The second-order valence-corrected chi connectivity index (χ2v) is 7.18. The molecule has 0 saturated carbocycles. The highest BCUT2D eigenvalue weighted by Crippen LogP contribution is 2.41. The van der Waals surface area contributed by atoms with E-state index in [1.54, 1.807) is 26.6 Å². The Labute approximate surface area is 182 Å². The van der Waals surface area contributed by atoms with Crippen LogP contribution in [0.25, 0.3) is 27.7 Å². The topological polar surface area (TPSA) is 69.9 Å². The van der Waals surface area contributed by atoms with Crippen molar-refractivity contribution < 1.29 is 23.4 Å². The van der Waals surface area contributed by atoms with Gasteiger partial charge in [0.2, 0.25) is 5.91 Å². The molecule has 164 valence electrons. The fourth-order valence-corrected chi connectivity index (χ4v) is 3.55. The molecule has 0 radical (unpaired) electrons. The molecule has 1 heterocycles. The average molecular weight is 424 g/mol. The predicted molar refractivity (Wildman–Crippen MR) is 123 cm³/mol. The van der Waals surface area contributed by atoms with Gasteiger partial charge in [-0.15, -0.1) is 0 Å². The van der Waals surface area contributed by atoms with E-state index in [0.29, 0.717) is 19.8 Å². The first kappa shape index (κ1) is 22.4. The minimum Gasteiger partial charge on any atom is -0.497 e. The number of nitrogens with one attached hydrogen (secondary N) is 1. The lowest BCUT2D eigenvalue weighted by molar-refractivity contribution is -0.116. The molecule has 1 aromatic heterocycles. The van der Waals surface area contributed by atoms with Crippen molar-refractivity contribution in [3.8, 4) is 22.6 Å². The monoisotopic (exact) mass is 423 g/mol. The third-order valence-corrected chi connectivity index (χ3v) is 5.09. The summed E-state index contributed by atoms with van der Waals surface area (Å²) >= 11 is 0. The molecule has 0 bridgehead atoms. The van der Waals surface area contributed by atoms with Crippen LogP contribution in [0.4, 0.5) is 0 Å². The number of methoxy groups -OCH3 is 2. The highest BCUT2D eigenvalue weighted by atomic mass is 16.5. The predicted octanol–water partition coefficient (Wildman–Crippen LogP) is 4.98. The van der Waals surface area contributed by atoms with E-state index in [4.69, 9.17) is 18.6 Å². The molecule has 0 aliphatic heterocycles. The van der Waals surface area contributed by atoms with E-state index in [9.17, 15) is 4.79 Å². The van der Waals surface area contributed by atoms with Crippen LogP contribution in [0.15, 0.2) is 47.1 Å². The highest BCUT2D eigenvalue weighted by molar-refractivity contribution is 6.01. The third-order valence-electron chi connectivity index (χ3n) is 5.09. The van der Waals surface area contributed by atoms with Crippen molar-refractivity contribution >= 4 is 22.4 Å². The Hall–Kier alpha value is -3.25. The van der Waals surface area contributed by atoms with Crippen molar-refractivity contribution in [1.29, 1.82) is 0 Å². The summed E-state index contributed by atoms with van der Waals surface area (Å²) in [6, 6.07) is 9.88. The van der Waals surface area contributed by atoms with Crippen LogP contribution >= 0.6 is 0 Å². The largest absolute Gasteiger partial charge is 0.497 e. The van der Waals surface area contributed by atoms with Gasteiger partial charge in [-0.25, -0.2) is 0 Å². The van der Waals surface area contributed by atoms with Gasteiger partial charge in [0.25, 0.3) is 0 Å². The average Bonchev–Trinajstić information content (AvgIpc) is 3.20. The summed E-state index contributed by atoms with van der Waals surface area (Å²) in [4.78, 5) is 12.3. The van der Waals surface area contributed by atoms with Gasteiger partial charge in [0, 0.05) is 41.8 Å². The Morgan fingerprint density at radius 1 is 1.23 bits per heavy atom. The molecule has 2 aromatic carbocycles. The van der Waals surface area contributed by atoms with Gasteiger partial charge in [0.1, 0.15) is 17.1 Å². The Morgan fingerprint density at radius 3 is 2.74 bits per heavy atom. The summed E-state index contributed by atoms with van der Waals surface area (Å²) in [5, 5.41) is 3.77. The second kappa shape index (κ2) is 10.2. The van der Waals surface area contributed by atoms with Gasteiger partial charge in [-0.05, 0) is 50.1 Å². The third kappa shape index (κ3) is 4.91. The maximum Gasteiger partial charge on any atom is 0.244 e. The van der Waals surface area contributed by atoms with Gasteiger partial charge >= 0.3 is 0 Å². The number of fused-ring (bicyclic) bond motifs is 1. The quantitative estimate of drug-likeness (QED) is 0.388. The van der Waals surface area contributed by atoms with E-state index in [1.807, 2.05) is 51.1 Å². The van der Waals surface area contributed by atoms with Gasteiger partial charge in [0.15, 0.2) is 0 Å².